The number of aryl methyl sites for hydroxylation is 1. The largest absolute Gasteiger partial charge is 0.243 e. The lowest BCUT2D eigenvalue weighted by atomic mass is 9.97. The van der Waals surface area contributed by atoms with E-state index < -0.39 is 10.0 Å². The van der Waals surface area contributed by atoms with E-state index in [0.29, 0.717) is 17.4 Å². The zero-order valence-corrected chi connectivity index (χ0v) is 14.0. The molecule has 5 heteroatoms. The molecule has 1 heterocycles. The Balaban J connectivity index is 2.38. The summed E-state index contributed by atoms with van der Waals surface area (Å²) in [5, 5.41) is 0. The summed E-state index contributed by atoms with van der Waals surface area (Å²) >= 11 is 3.41. The molecule has 0 saturated carbocycles. The number of piperidine rings is 1. The molecular formula is C14H20BrNO2S. The van der Waals surface area contributed by atoms with Gasteiger partial charge in [0, 0.05) is 17.1 Å². The van der Waals surface area contributed by atoms with Gasteiger partial charge in [-0.1, -0.05) is 22.9 Å². The van der Waals surface area contributed by atoms with Crippen LogP contribution >= 0.6 is 15.9 Å². The van der Waals surface area contributed by atoms with Gasteiger partial charge >= 0.3 is 0 Å². The minimum Gasteiger partial charge on any atom is -0.207 e. The molecule has 3 nitrogen and oxygen atoms in total. The molecule has 1 fully saturated rings. The highest BCUT2D eigenvalue weighted by Gasteiger charge is 2.33. The fourth-order valence-corrected chi connectivity index (χ4v) is 4.61. The summed E-state index contributed by atoms with van der Waals surface area (Å²) in [6.45, 7) is 6.64. The van der Waals surface area contributed by atoms with Gasteiger partial charge in [0.25, 0.3) is 0 Å². The van der Waals surface area contributed by atoms with Crippen LogP contribution in [0.15, 0.2) is 27.6 Å². The van der Waals surface area contributed by atoms with E-state index in [1.807, 2.05) is 13.8 Å². The molecule has 1 saturated heterocycles. The number of sulfonamides is 1. The predicted octanol–water partition coefficient (Wildman–Crippen LogP) is 3.57. The maximum atomic E-state index is 12.7. The highest BCUT2D eigenvalue weighted by atomic mass is 79.9. The first kappa shape index (κ1) is 15.0. The summed E-state index contributed by atoms with van der Waals surface area (Å²) in [6, 6.07) is 5.31. The smallest absolute Gasteiger partial charge is 0.207 e. The minimum absolute atomic E-state index is 0.0881. The molecule has 2 unspecified atom stereocenters. The monoisotopic (exact) mass is 345 g/mol. The van der Waals surface area contributed by atoms with Crippen LogP contribution in [0.5, 0.6) is 0 Å². The van der Waals surface area contributed by atoms with Crippen molar-refractivity contribution in [3.8, 4) is 0 Å². The van der Waals surface area contributed by atoms with Gasteiger partial charge in [0.1, 0.15) is 0 Å². The van der Waals surface area contributed by atoms with Gasteiger partial charge in [0.15, 0.2) is 0 Å². The Bertz CT molecular complexity index is 571. The van der Waals surface area contributed by atoms with E-state index in [9.17, 15) is 8.42 Å². The van der Waals surface area contributed by atoms with Crippen molar-refractivity contribution in [2.45, 2.75) is 44.6 Å². The SMILES string of the molecule is Cc1cc(S(=O)(=O)N2CC(C)CCC2C)ccc1Br. The van der Waals surface area contributed by atoms with E-state index in [1.54, 1.807) is 22.5 Å². The molecular weight excluding hydrogens is 326 g/mol. The predicted molar refractivity (Wildman–Crippen MR) is 80.6 cm³/mol. The van der Waals surface area contributed by atoms with Crippen LogP contribution in [0.1, 0.15) is 32.3 Å². The first-order valence-electron chi connectivity index (χ1n) is 6.60. The molecule has 0 bridgehead atoms. The number of hydrogen-bond acceptors (Lipinski definition) is 2. The van der Waals surface area contributed by atoms with Gasteiger partial charge in [0.05, 0.1) is 4.90 Å². The van der Waals surface area contributed by atoms with Crippen molar-refractivity contribution in [2.75, 3.05) is 6.54 Å². The number of rotatable bonds is 2. The van der Waals surface area contributed by atoms with E-state index in [-0.39, 0.29) is 6.04 Å². The van der Waals surface area contributed by atoms with Crippen molar-refractivity contribution in [2.24, 2.45) is 5.92 Å². The standard InChI is InChI=1S/C14H20BrNO2S/c1-10-4-5-12(3)16(9-10)19(17,18)13-6-7-14(15)11(2)8-13/h6-8,10,12H,4-5,9H2,1-3H3. The highest BCUT2D eigenvalue weighted by molar-refractivity contribution is 9.10. The van der Waals surface area contributed by atoms with Gasteiger partial charge in [-0.3, -0.25) is 0 Å². The third-order valence-electron chi connectivity index (χ3n) is 3.80. The van der Waals surface area contributed by atoms with Crippen LogP contribution in [-0.2, 0) is 10.0 Å². The molecule has 0 amide bonds. The average molecular weight is 346 g/mol. The third kappa shape index (κ3) is 3.03. The Morgan fingerprint density at radius 2 is 1.95 bits per heavy atom. The Kier molecular flexibility index (Phi) is 4.38. The molecule has 0 spiro atoms. The van der Waals surface area contributed by atoms with E-state index in [2.05, 4.69) is 22.9 Å². The summed E-state index contributed by atoms with van der Waals surface area (Å²) in [7, 11) is -3.37. The minimum atomic E-state index is -3.37. The van der Waals surface area contributed by atoms with Gasteiger partial charge in [-0.15, -0.1) is 0 Å². The fraction of sp³-hybridized carbons (Fsp3) is 0.571. The van der Waals surface area contributed by atoms with Crippen LogP contribution in [0, 0.1) is 12.8 Å². The lowest BCUT2D eigenvalue weighted by Gasteiger charge is -2.35. The first-order chi connectivity index (χ1) is 8.82. The average Bonchev–Trinajstić information content (AvgIpc) is 2.35. The van der Waals surface area contributed by atoms with E-state index in [4.69, 9.17) is 0 Å². The van der Waals surface area contributed by atoms with Crippen molar-refractivity contribution in [3.63, 3.8) is 0 Å². The molecule has 1 aliphatic heterocycles. The summed E-state index contributed by atoms with van der Waals surface area (Å²) < 4.78 is 28.0. The molecule has 1 aliphatic rings. The van der Waals surface area contributed by atoms with Gasteiger partial charge in [-0.25, -0.2) is 8.42 Å². The van der Waals surface area contributed by atoms with Crippen molar-refractivity contribution >= 4 is 26.0 Å². The lowest BCUT2D eigenvalue weighted by Crippen LogP contribution is -2.44. The van der Waals surface area contributed by atoms with Crippen LogP contribution in [0.25, 0.3) is 0 Å². The van der Waals surface area contributed by atoms with Crippen molar-refractivity contribution in [1.29, 1.82) is 0 Å². The number of benzene rings is 1. The topological polar surface area (TPSA) is 37.4 Å². The summed E-state index contributed by atoms with van der Waals surface area (Å²) in [5.41, 5.74) is 0.943. The molecule has 19 heavy (non-hydrogen) atoms. The van der Waals surface area contributed by atoms with Gasteiger partial charge in [0.2, 0.25) is 10.0 Å². The van der Waals surface area contributed by atoms with Crippen LogP contribution in [0.3, 0.4) is 0 Å². The van der Waals surface area contributed by atoms with E-state index in [1.165, 1.54) is 0 Å². The fourth-order valence-electron chi connectivity index (χ4n) is 2.50. The normalized spacial score (nSPS) is 25.5. The van der Waals surface area contributed by atoms with Crippen LogP contribution < -0.4 is 0 Å². The van der Waals surface area contributed by atoms with Gasteiger partial charge in [-0.05, 0) is 56.4 Å². The van der Waals surface area contributed by atoms with Crippen LogP contribution in [-0.4, -0.2) is 25.3 Å². The Hall–Kier alpha value is -0.390. The van der Waals surface area contributed by atoms with E-state index >= 15 is 0 Å². The molecule has 0 N–H and O–H groups in total. The molecule has 1 aromatic rings. The maximum Gasteiger partial charge on any atom is 0.243 e. The molecule has 0 aliphatic carbocycles. The summed E-state index contributed by atoms with van der Waals surface area (Å²) in [5.74, 6) is 0.433. The lowest BCUT2D eigenvalue weighted by molar-refractivity contribution is 0.218. The van der Waals surface area contributed by atoms with Crippen LogP contribution in [0.2, 0.25) is 0 Å². The molecule has 1 aromatic carbocycles. The number of nitrogens with zero attached hydrogens (tertiary/aromatic N) is 1. The second-order valence-corrected chi connectivity index (χ2v) is 8.26. The number of hydrogen-bond donors (Lipinski definition) is 0. The third-order valence-corrected chi connectivity index (χ3v) is 6.66. The van der Waals surface area contributed by atoms with Crippen molar-refractivity contribution in [3.05, 3.63) is 28.2 Å². The highest BCUT2D eigenvalue weighted by Crippen LogP contribution is 2.29. The first-order valence-corrected chi connectivity index (χ1v) is 8.83. The maximum absolute atomic E-state index is 12.7. The van der Waals surface area contributed by atoms with Gasteiger partial charge in [-0.2, -0.15) is 4.31 Å². The Labute approximate surface area is 124 Å². The Morgan fingerprint density at radius 3 is 2.58 bits per heavy atom. The second kappa shape index (κ2) is 5.54. The molecule has 2 atom stereocenters. The quantitative estimate of drug-likeness (QED) is 0.821. The molecule has 106 valence electrons. The molecule has 2 rings (SSSR count). The molecule has 0 aromatic heterocycles. The van der Waals surface area contributed by atoms with Crippen LogP contribution in [0.4, 0.5) is 0 Å². The zero-order valence-electron chi connectivity index (χ0n) is 11.6. The van der Waals surface area contributed by atoms with Crippen molar-refractivity contribution < 1.29 is 8.42 Å². The summed E-state index contributed by atoms with van der Waals surface area (Å²) in [6.07, 6.45) is 2.04. The second-order valence-electron chi connectivity index (χ2n) is 5.52. The van der Waals surface area contributed by atoms with Crippen molar-refractivity contribution in [1.82, 2.24) is 4.31 Å². The zero-order chi connectivity index (χ0) is 14.2. The Morgan fingerprint density at radius 1 is 1.26 bits per heavy atom. The summed E-state index contributed by atoms with van der Waals surface area (Å²) in [4.78, 5) is 0.397. The van der Waals surface area contributed by atoms with Gasteiger partial charge < -0.3 is 0 Å². The molecule has 0 radical (unpaired) electrons. The number of halogens is 1. The van der Waals surface area contributed by atoms with E-state index in [0.717, 1.165) is 22.9 Å².